The van der Waals surface area contributed by atoms with Gasteiger partial charge in [-0.05, 0) is 32.6 Å². The highest BCUT2D eigenvalue weighted by Crippen LogP contribution is 2.15. The SMILES string of the molecule is CCON(C)C(O)C1=C\CCC[C@@H](CC)/N=C\1. The fourth-order valence-corrected chi connectivity index (χ4v) is 1.91. The van der Waals surface area contributed by atoms with Crippen LogP contribution in [0.3, 0.4) is 0 Å². The first-order valence-corrected chi connectivity index (χ1v) is 6.46. The minimum absolute atomic E-state index is 0.392. The molecular formula is C13H24N2O2. The van der Waals surface area contributed by atoms with Gasteiger partial charge < -0.3 is 5.11 Å². The number of hydrogen-bond acceptors (Lipinski definition) is 4. The largest absolute Gasteiger partial charge is 0.372 e. The summed E-state index contributed by atoms with van der Waals surface area (Å²) in [5, 5.41) is 11.6. The summed E-state index contributed by atoms with van der Waals surface area (Å²) in [5.74, 6) is 0. The van der Waals surface area contributed by atoms with Crippen molar-refractivity contribution in [3.8, 4) is 0 Å². The maximum absolute atomic E-state index is 10.1. The molecule has 0 aromatic rings. The maximum Gasteiger partial charge on any atom is 0.156 e. The molecule has 0 aromatic heterocycles. The van der Waals surface area contributed by atoms with E-state index in [1.165, 1.54) is 5.06 Å². The number of allylic oxidation sites excluding steroid dienone is 1. The van der Waals surface area contributed by atoms with E-state index in [2.05, 4.69) is 18.0 Å². The normalized spacial score (nSPS) is 28.1. The molecule has 17 heavy (non-hydrogen) atoms. The molecule has 0 bridgehead atoms. The molecule has 0 saturated carbocycles. The van der Waals surface area contributed by atoms with Gasteiger partial charge in [-0.3, -0.25) is 9.83 Å². The molecule has 0 amide bonds. The molecule has 98 valence electrons. The highest BCUT2D eigenvalue weighted by atomic mass is 16.7. The number of likely N-dealkylation sites (N-methyl/N-ethyl adjacent to an activating group) is 1. The molecule has 1 aliphatic heterocycles. The molecule has 1 aliphatic rings. The predicted molar refractivity (Wildman–Crippen MR) is 69.9 cm³/mol. The number of hydroxylamine groups is 2. The fourth-order valence-electron chi connectivity index (χ4n) is 1.91. The molecule has 0 spiro atoms. The molecule has 0 radical (unpaired) electrons. The van der Waals surface area contributed by atoms with E-state index in [4.69, 9.17) is 4.84 Å². The van der Waals surface area contributed by atoms with E-state index < -0.39 is 6.23 Å². The lowest BCUT2D eigenvalue weighted by atomic mass is 10.0. The van der Waals surface area contributed by atoms with Crippen LogP contribution in [0.1, 0.15) is 39.5 Å². The van der Waals surface area contributed by atoms with Crippen LogP contribution >= 0.6 is 0 Å². The topological polar surface area (TPSA) is 45.1 Å². The number of hydrogen-bond donors (Lipinski definition) is 1. The van der Waals surface area contributed by atoms with Crippen LogP contribution in [0.5, 0.6) is 0 Å². The number of nitrogens with zero attached hydrogens (tertiary/aromatic N) is 2. The molecule has 0 fully saturated rings. The van der Waals surface area contributed by atoms with Gasteiger partial charge in [0.25, 0.3) is 0 Å². The van der Waals surface area contributed by atoms with Gasteiger partial charge in [0.1, 0.15) is 0 Å². The maximum atomic E-state index is 10.1. The summed E-state index contributed by atoms with van der Waals surface area (Å²) in [5.41, 5.74) is 0.833. The monoisotopic (exact) mass is 240 g/mol. The third-order valence-corrected chi connectivity index (χ3v) is 3.00. The van der Waals surface area contributed by atoms with Gasteiger partial charge in [-0.15, -0.1) is 0 Å². The van der Waals surface area contributed by atoms with E-state index in [-0.39, 0.29) is 0 Å². The summed E-state index contributed by atoms with van der Waals surface area (Å²) in [4.78, 5) is 9.77. The Morgan fingerprint density at radius 3 is 3.00 bits per heavy atom. The number of rotatable bonds is 5. The van der Waals surface area contributed by atoms with Gasteiger partial charge in [-0.25, -0.2) is 0 Å². The molecule has 0 saturated heterocycles. The number of aliphatic hydroxyl groups excluding tert-OH is 1. The number of aliphatic imine (C=N–C) groups is 1. The van der Waals surface area contributed by atoms with Crippen molar-refractivity contribution in [3.63, 3.8) is 0 Å². The quantitative estimate of drug-likeness (QED) is 0.591. The van der Waals surface area contributed by atoms with Crippen LogP contribution in [-0.4, -0.2) is 42.3 Å². The minimum atomic E-state index is -0.727. The van der Waals surface area contributed by atoms with Crippen LogP contribution in [0.15, 0.2) is 16.6 Å². The Balaban J connectivity index is 2.67. The molecule has 4 nitrogen and oxygen atoms in total. The smallest absolute Gasteiger partial charge is 0.156 e. The van der Waals surface area contributed by atoms with Crippen molar-refractivity contribution in [1.82, 2.24) is 5.06 Å². The second-order valence-electron chi connectivity index (χ2n) is 4.31. The Morgan fingerprint density at radius 2 is 2.35 bits per heavy atom. The Hall–Kier alpha value is -0.710. The lowest BCUT2D eigenvalue weighted by Gasteiger charge is -2.24. The lowest BCUT2D eigenvalue weighted by Crippen LogP contribution is -2.34. The molecule has 1 rings (SSSR count). The fraction of sp³-hybridized carbons (Fsp3) is 0.769. The summed E-state index contributed by atoms with van der Waals surface area (Å²) in [6.07, 6.45) is 7.44. The Bertz CT molecular complexity index is 277. The van der Waals surface area contributed by atoms with Gasteiger partial charge in [0.2, 0.25) is 0 Å². The van der Waals surface area contributed by atoms with E-state index in [1.807, 2.05) is 6.92 Å². The van der Waals surface area contributed by atoms with Crippen molar-refractivity contribution in [2.24, 2.45) is 4.99 Å². The van der Waals surface area contributed by atoms with Gasteiger partial charge in [0.05, 0.1) is 6.61 Å². The Labute approximate surface area is 104 Å². The van der Waals surface area contributed by atoms with E-state index in [1.54, 1.807) is 13.3 Å². The van der Waals surface area contributed by atoms with Crippen LogP contribution in [0.2, 0.25) is 0 Å². The van der Waals surface area contributed by atoms with E-state index >= 15 is 0 Å². The minimum Gasteiger partial charge on any atom is -0.372 e. The van der Waals surface area contributed by atoms with Gasteiger partial charge >= 0.3 is 0 Å². The zero-order chi connectivity index (χ0) is 12.7. The van der Waals surface area contributed by atoms with Crippen molar-refractivity contribution in [2.75, 3.05) is 13.7 Å². The molecule has 1 N–H and O–H groups in total. The third-order valence-electron chi connectivity index (χ3n) is 3.00. The standard InChI is InChI=1S/C13H24N2O2/c1-4-12-9-7-6-8-11(10-14-12)13(16)15(3)17-5-2/h8,10,12-13,16H,4-7,9H2,1-3H3/b11-8-,14-10-/t12-,13?/m1/s1. The van der Waals surface area contributed by atoms with Crippen LogP contribution in [0.25, 0.3) is 0 Å². The second kappa shape index (κ2) is 7.58. The summed E-state index contributed by atoms with van der Waals surface area (Å²) in [7, 11) is 1.74. The van der Waals surface area contributed by atoms with Gasteiger partial charge in [-0.1, -0.05) is 13.0 Å². The van der Waals surface area contributed by atoms with Crippen molar-refractivity contribution in [1.29, 1.82) is 0 Å². The molecule has 1 heterocycles. The van der Waals surface area contributed by atoms with Crippen molar-refractivity contribution >= 4 is 6.21 Å². The molecular weight excluding hydrogens is 216 g/mol. The van der Waals surface area contributed by atoms with Crippen LogP contribution in [0, 0.1) is 0 Å². The first kappa shape index (κ1) is 14.4. The van der Waals surface area contributed by atoms with E-state index in [9.17, 15) is 5.11 Å². The predicted octanol–water partition coefficient (Wildman–Crippen LogP) is 2.15. The summed E-state index contributed by atoms with van der Waals surface area (Å²) in [6.45, 7) is 4.60. The van der Waals surface area contributed by atoms with Gasteiger partial charge in [0, 0.05) is 24.9 Å². The summed E-state index contributed by atoms with van der Waals surface area (Å²) >= 11 is 0. The van der Waals surface area contributed by atoms with Gasteiger partial charge in [-0.2, -0.15) is 5.06 Å². The lowest BCUT2D eigenvalue weighted by molar-refractivity contribution is -0.204. The van der Waals surface area contributed by atoms with Crippen LogP contribution in [0.4, 0.5) is 0 Å². The van der Waals surface area contributed by atoms with Gasteiger partial charge in [0.15, 0.2) is 6.23 Å². The average Bonchev–Trinajstić information content (AvgIpc) is 2.29. The Morgan fingerprint density at radius 1 is 1.59 bits per heavy atom. The summed E-state index contributed by atoms with van der Waals surface area (Å²) in [6, 6.07) is 0.392. The van der Waals surface area contributed by atoms with Crippen molar-refractivity contribution in [2.45, 2.75) is 51.8 Å². The average molecular weight is 240 g/mol. The first-order chi connectivity index (χ1) is 8.19. The van der Waals surface area contributed by atoms with Crippen LogP contribution in [-0.2, 0) is 4.84 Å². The zero-order valence-corrected chi connectivity index (χ0v) is 11.1. The van der Waals surface area contributed by atoms with Crippen LogP contribution < -0.4 is 0 Å². The zero-order valence-electron chi connectivity index (χ0n) is 11.1. The third kappa shape index (κ3) is 4.58. The Kier molecular flexibility index (Phi) is 6.40. The second-order valence-corrected chi connectivity index (χ2v) is 4.31. The highest BCUT2D eigenvalue weighted by molar-refractivity contribution is 5.79. The highest BCUT2D eigenvalue weighted by Gasteiger charge is 2.16. The molecule has 4 heteroatoms. The molecule has 0 aliphatic carbocycles. The summed E-state index contributed by atoms with van der Waals surface area (Å²) < 4.78 is 0. The molecule has 1 unspecified atom stereocenters. The van der Waals surface area contributed by atoms with Crippen molar-refractivity contribution in [3.05, 3.63) is 11.6 Å². The van der Waals surface area contributed by atoms with Crippen molar-refractivity contribution < 1.29 is 9.94 Å². The number of aliphatic hydroxyl groups is 1. The molecule has 2 atom stereocenters. The van der Waals surface area contributed by atoms with E-state index in [0.29, 0.717) is 12.6 Å². The van der Waals surface area contributed by atoms with E-state index in [0.717, 1.165) is 31.3 Å². The first-order valence-electron chi connectivity index (χ1n) is 6.46. The molecule has 0 aromatic carbocycles.